The zero-order chi connectivity index (χ0) is 22.1. The number of rotatable bonds is 7. The second-order valence-electron chi connectivity index (χ2n) is 8.27. The smallest absolute Gasteiger partial charge is 0.257 e. The number of amides is 1. The number of hydrogen-bond acceptors (Lipinski definition) is 6. The number of hydrogen-bond donors (Lipinski definition) is 0. The van der Waals surface area contributed by atoms with Crippen LogP contribution >= 0.6 is 11.8 Å². The van der Waals surface area contributed by atoms with E-state index in [1.165, 1.54) is 11.8 Å². The van der Waals surface area contributed by atoms with Crippen LogP contribution in [0.5, 0.6) is 0 Å². The third kappa shape index (κ3) is 4.61. The molecule has 1 aliphatic carbocycles. The molecule has 0 spiro atoms. The highest BCUT2D eigenvalue weighted by atomic mass is 32.2. The van der Waals surface area contributed by atoms with Crippen molar-refractivity contribution in [3.63, 3.8) is 0 Å². The topological polar surface area (TPSA) is 80.5 Å². The molecule has 2 aliphatic rings. The van der Waals surface area contributed by atoms with Crippen LogP contribution in [0.3, 0.4) is 0 Å². The third-order valence-electron chi connectivity index (χ3n) is 5.84. The lowest BCUT2D eigenvalue weighted by Crippen LogP contribution is -2.43. The predicted molar refractivity (Wildman–Crippen MR) is 125 cm³/mol. The standard InChI is InChI=1S/C24H24N2O4S2/c27-21(26(19-11-12-19)20-13-14-32(28,29)16-20)15-31-24-25-22(17-7-3-1-4-8-17)23(30-24)18-9-5-2-6-10-18/h1-10,19-20H,11-16H2/t20-/m1/s1. The second kappa shape index (κ2) is 8.75. The molecule has 5 rings (SSSR count). The number of benzene rings is 2. The number of nitrogens with zero attached hydrogens (tertiary/aromatic N) is 2. The van der Waals surface area contributed by atoms with Gasteiger partial charge in [-0.25, -0.2) is 13.4 Å². The number of sulfone groups is 1. The molecule has 0 unspecified atom stereocenters. The van der Waals surface area contributed by atoms with Crippen molar-refractivity contribution in [3.05, 3.63) is 60.7 Å². The monoisotopic (exact) mass is 468 g/mol. The van der Waals surface area contributed by atoms with Gasteiger partial charge < -0.3 is 9.32 Å². The van der Waals surface area contributed by atoms with Crippen molar-refractivity contribution in [2.75, 3.05) is 17.3 Å². The van der Waals surface area contributed by atoms with E-state index in [4.69, 9.17) is 9.40 Å². The van der Waals surface area contributed by atoms with Crippen molar-refractivity contribution in [1.82, 2.24) is 9.88 Å². The van der Waals surface area contributed by atoms with Crippen molar-refractivity contribution in [1.29, 1.82) is 0 Å². The van der Waals surface area contributed by atoms with Crippen LogP contribution in [0.4, 0.5) is 0 Å². The molecule has 166 valence electrons. The van der Waals surface area contributed by atoms with Crippen molar-refractivity contribution < 1.29 is 17.6 Å². The van der Waals surface area contributed by atoms with Gasteiger partial charge in [-0.15, -0.1) is 0 Å². The maximum absolute atomic E-state index is 13.1. The lowest BCUT2D eigenvalue weighted by atomic mass is 10.1. The van der Waals surface area contributed by atoms with E-state index in [1.54, 1.807) is 0 Å². The highest BCUT2D eigenvalue weighted by molar-refractivity contribution is 7.99. The summed E-state index contributed by atoms with van der Waals surface area (Å²) in [5, 5.41) is 0.436. The van der Waals surface area contributed by atoms with Gasteiger partial charge in [0.05, 0.1) is 17.3 Å². The fourth-order valence-electron chi connectivity index (χ4n) is 4.19. The van der Waals surface area contributed by atoms with Crippen molar-refractivity contribution in [2.45, 2.75) is 36.6 Å². The number of thioether (sulfide) groups is 1. The molecule has 8 heteroatoms. The van der Waals surface area contributed by atoms with Gasteiger partial charge in [-0.3, -0.25) is 4.79 Å². The summed E-state index contributed by atoms with van der Waals surface area (Å²) >= 11 is 1.27. The molecule has 1 amide bonds. The first-order valence-corrected chi connectivity index (χ1v) is 13.6. The number of aromatic nitrogens is 1. The molecular weight excluding hydrogens is 444 g/mol. The Morgan fingerprint density at radius 3 is 2.22 bits per heavy atom. The summed E-state index contributed by atoms with van der Waals surface area (Å²) in [6.07, 6.45) is 2.43. The third-order valence-corrected chi connectivity index (χ3v) is 8.40. The van der Waals surface area contributed by atoms with Crippen molar-refractivity contribution >= 4 is 27.5 Å². The summed E-state index contributed by atoms with van der Waals surface area (Å²) in [7, 11) is -3.04. The van der Waals surface area contributed by atoms with E-state index in [2.05, 4.69) is 0 Å². The Labute approximate surface area is 192 Å². The molecule has 2 heterocycles. The van der Waals surface area contributed by atoms with Crippen LogP contribution in [-0.4, -0.2) is 53.6 Å². The molecule has 1 aromatic heterocycles. The van der Waals surface area contributed by atoms with Crippen molar-refractivity contribution in [3.8, 4) is 22.6 Å². The lowest BCUT2D eigenvalue weighted by molar-refractivity contribution is -0.130. The fourth-order valence-corrected chi connectivity index (χ4v) is 6.60. The fraction of sp³-hybridized carbons (Fsp3) is 0.333. The van der Waals surface area contributed by atoms with Crippen LogP contribution in [0, 0.1) is 0 Å². The minimum atomic E-state index is -3.04. The van der Waals surface area contributed by atoms with E-state index in [-0.39, 0.29) is 35.2 Å². The van der Waals surface area contributed by atoms with Gasteiger partial charge >= 0.3 is 0 Å². The molecule has 6 nitrogen and oxygen atoms in total. The Kier molecular flexibility index (Phi) is 5.82. The van der Waals surface area contributed by atoms with Crippen LogP contribution in [0.2, 0.25) is 0 Å². The van der Waals surface area contributed by atoms with Crippen LogP contribution in [0.15, 0.2) is 70.3 Å². The number of carbonyl (C=O) groups is 1. The highest BCUT2D eigenvalue weighted by Gasteiger charge is 2.42. The van der Waals surface area contributed by atoms with Gasteiger partial charge in [-0.1, -0.05) is 72.4 Å². The van der Waals surface area contributed by atoms with Gasteiger partial charge in [0, 0.05) is 23.2 Å². The number of oxazole rings is 1. The maximum atomic E-state index is 13.1. The first kappa shape index (κ1) is 21.3. The molecule has 1 saturated carbocycles. The predicted octanol–water partition coefficient (Wildman–Crippen LogP) is 4.28. The molecular formula is C24H24N2O4S2. The van der Waals surface area contributed by atoms with E-state index in [0.717, 1.165) is 29.7 Å². The van der Waals surface area contributed by atoms with Gasteiger partial charge in [0.1, 0.15) is 5.69 Å². The molecule has 2 aromatic carbocycles. The quantitative estimate of drug-likeness (QED) is 0.482. The van der Waals surface area contributed by atoms with Crippen LogP contribution in [0.25, 0.3) is 22.6 Å². The van der Waals surface area contributed by atoms with Gasteiger partial charge in [-0.05, 0) is 19.3 Å². The molecule has 0 N–H and O–H groups in total. The highest BCUT2D eigenvalue weighted by Crippen LogP contribution is 2.37. The largest absolute Gasteiger partial charge is 0.431 e. The Balaban J connectivity index is 1.36. The Bertz CT molecular complexity index is 1150. The first-order valence-electron chi connectivity index (χ1n) is 10.8. The van der Waals surface area contributed by atoms with Crippen LogP contribution in [0.1, 0.15) is 19.3 Å². The van der Waals surface area contributed by atoms with Gasteiger partial charge in [0.25, 0.3) is 5.22 Å². The molecule has 2 fully saturated rings. The minimum Gasteiger partial charge on any atom is -0.431 e. The maximum Gasteiger partial charge on any atom is 0.257 e. The van der Waals surface area contributed by atoms with Gasteiger partial charge in [0.2, 0.25) is 5.91 Å². The molecule has 0 bridgehead atoms. The number of carbonyl (C=O) groups excluding carboxylic acids is 1. The molecule has 1 aliphatic heterocycles. The second-order valence-corrected chi connectivity index (χ2v) is 11.4. The minimum absolute atomic E-state index is 0.0414. The van der Waals surface area contributed by atoms with Gasteiger partial charge in [-0.2, -0.15) is 0 Å². The Morgan fingerprint density at radius 2 is 1.62 bits per heavy atom. The van der Waals surface area contributed by atoms with Crippen LogP contribution in [-0.2, 0) is 14.6 Å². The van der Waals surface area contributed by atoms with E-state index in [1.807, 2.05) is 65.6 Å². The van der Waals surface area contributed by atoms with E-state index in [0.29, 0.717) is 17.4 Å². The lowest BCUT2D eigenvalue weighted by Gasteiger charge is -2.28. The van der Waals surface area contributed by atoms with Gasteiger partial charge in [0.15, 0.2) is 15.6 Å². The van der Waals surface area contributed by atoms with Crippen molar-refractivity contribution in [2.24, 2.45) is 0 Å². The molecule has 3 aromatic rings. The van der Waals surface area contributed by atoms with E-state index >= 15 is 0 Å². The van der Waals surface area contributed by atoms with E-state index < -0.39 is 9.84 Å². The zero-order valence-electron chi connectivity index (χ0n) is 17.5. The van der Waals surface area contributed by atoms with Crippen LogP contribution < -0.4 is 0 Å². The van der Waals surface area contributed by atoms with E-state index in [9.17, 15) is 13.2 Å². The average Bonchev–Trinajstić information content (AvgIpc) is 3.43. The molecule has 1 saturated heterocycles. The first-order chi connectivity index (χ1) is 15.5. The summed E-state index contributed by atoms with van der Waals surface area (Å²) in [5.74, 6) is 1.06. The summed E-state index contributed by atoms with van der Waals surface area (Å²) in [4.78, 5) is 19.6. The molecule has 0 radical (unpaired) electrons. The Morgan fingerprint density at radius 1 is 0.969 bits per heavy atom. The normalized spacial score (nSPS) is 19.7. The zero-order valence-corrected chi connectivity index (χ0v) is 19.1. The summed E-state index contributed by atoms with van der Waals surface area (Å²) < 4.78 is 30.0. The molecule has 1 atom stereocenters. The summed E-state index contributed by atoms with van der Waals surface area (Å²) in [6.45, 7) is 0. The SMILES string of the molecule is O=C(CSc1nc(-c2ccccc2)c(-c2ccccc2)o1)N(C1CC1)[C@@H]1CCS(=O)(=O)C1. The summed E-state index contributed by atoms with van der Waals surface area (Å²) in [5.41, 5.74) is 2.62. The summed E-state index contributed by atoms with van der Waals surface area (Å²) in [6, 6.07) is 19.6. The molecule has 32 heavy (non-hydrogen) atoms. The average molecular weight is 469 g/mol. The Hall–Kier alpha value is -2.58.